The number of hydrogen-bond acceptors (Lipinski definition) is 2. The van der Waals surface area contributed by atoms with Gasteiger partial charge in [0.1, 0.15) is 11.5 Å². The molecule has 1 aromatic rings. The molecule has 3 heteroatoms. The number of allylic oxidation sites excluding steroid dienone is 1. The van der Waals surface area contributed by atoms with Gasteiger partial charge >= 0.3 is 0 Å². The maximum atomic E-state index is 6.14. The third kappa shape index (κ3) is 4.27. The molecule has 0 fully saturated rings. The molecule has 0 aromatic heterocycles. The molecule has 0 saturated carbocycles. The Morgan fingerprint density at radius 2 is 1.53 bits per heavy atom. The van der Waals surface area contributed by atoms with Crippen molar-refractivity contribution >= 4 is 14.1 Å². The van der Waals surface area contributed by atoms with Crippen molar-refractivity contribution in [3.63, 3.8) is 0 Å². The van der Waals surface area contributed by atoms with Crippen LogP contribution in [0.15, 0.2) is 29.8 Å². The lowest BCUT2D eigenvalue weighted by Crippen LogP contribution is -2.24. The number of ether oxygens (including phenoxy) is 1. The molecule has 2 nitrogen and oxygen atoms in total. The summed E-state index contributed by atoms with van der Waals surface area (Å²) in [4.78, 5) is 0. The SMILES string of the molecule is COc1ccc(C(O[Si](C)(C)C)=C(C)C)cc1. The molecule has 0 N–H and O–H groups in total. The molecule has 0 aliphatic rings. The average molecular weight is 250 g/mol. The van der Waals surface area contributed by atoms with E-state index in [0.29, 0.717) is 0 Å². The van der Waals surface area contributed by atoms with Gasteiger partial charge < -0.3 is 9.16 Å². The van der Waals surface area contributed by atoms with Crippen LogP contribution in [0.4, 0.5) is 0 Å². The standard InChI is InChI=1S/C14H22O2Si/c1-11(2)14(16-17(4,5)6)12-7-9-13(15-3)10-8-12/h7-10H,1-6H3. The van der Waals surface area contributed by atoms with Crippen LogP contribution in [0.3, 0.4) is 0 Å². The van der Waals surface area contributed by atoms with Crippen LogP contribution >= 0.6 is 0 Å². The molecule has 1 aromatic carbocycles. The molecule has 0 amide bonds. The molecule has 17 heavy (non-hydrogen) atoms. The van der Waals surface area contributed by atoms with E-state index in [9.17, 15) is 0 Å². The molecular weight excluding hydrogens is 228 g/mol. The summed E-state index contributed by atoms with van der Waals surface area (Å²) in [6, 6.07) is 8.01. The lowest BCUT2D eigenvalue weighted by Gasteiger charge is -2.23. The molecule has 0 aliphatic carbocycles. The predicted octanol–water partition coefficient (Wildman–Crippen LogP) is 4.30. The van der Waals surface area contributed by atoms with E-state index in [2.05, 4.69) is 33.5 Å². The Hall–Kier alpha value is -1.22. The number of hydrogen-bond donors (Lipinski definition) is 0. The van der Waals surface area contributed by atoms with Crippen molar-refractivity contribution in [2.75, 3.05) is 7.11 Å². The second kappa shape index (κ2) is 5.41. The van der Waals surface area contributed by atoms with Gasteiger partial charge in [0.2, 0.25) is 8.32 Å². The molecule has 0 bridgehead atoms. The quantitative estimate of drug-likeness (QED) is 0.586. The maximum absolute atomic E-state index is 6.14. The van der Waals surface area contributed by atoms with Crippen LogP contribution in [-0.2, 0) is 4.43 Å². The second-order valence-corrected chi connectivity index (χ2v) is 9.70. The summed E-state index contributed by atoms with van der Waals surface area (Å²) in [6.07, 6.45) is 0. The molecule has 0 heterocycles. The first-order valence-electron chi connectivity index (χ1n) is 5.84. The van der Waals surface area contributed by atoms with Crippen molar-refractivity contribution in [3.05, 3.63) is 35.4 Å². The summed E-state index contributed by atoms with van der Waals surface area (Å²) in [5, 5.41) is 0. The summed E-state index contributed by atoms with van der Waals surface area (Å²) < 4.78 is 11.3. The van der Waals surface area contributed by atoms with Gasteiger partial charge in [-0.1, -0.05) is 0 Å². The fourth-order valence-corrected chi connectivity index (χ4v) is 2.43. The average Bonchev–Trinajstić information content (AvgIpc) is 2.25. The molecule has 0 unspecified atom stereocenters. The zero-order chi connectivity index (χ0) is 13.1. The zero-order valence-electron chi connectivity index (χ0n) is 11.6. The minimum atomic E-state index is -1.58. The summed E-state index contributed by atoms with van der Waals surface area (Å²) in [5.74, 6) is 1.88. The van der Waals surface area contributed by atoms with E-state index in [1.54, 1.807) is 7.11 Å². The lowest BCUT2D eigenvalue weighted by molar-refractivity contribution is 0.414. The van der Waals surface area contributed by atoms with Crippen LogP contribution in [0.1, 0.15) is 19.4 Å². The van der Waals surface area contributed by atoms with Crippen LogP contribution in [0.2, 0.25) is 19.6 Å². The third-order valence-corrected chi connectivity index (χ3v) is 3.03. The first-order chi connectivity index (χ1) is 7.83. The number of methoxy groups -OCH3 is 1. The zero-order valence-corrected chi connectivity index (χ0v) is 12.6. The largest absolute Gasteiger partial charge is 0.544 e. The highest BCUT2D eigenvalue weighted by atomic mass is 28.4. The molecule has 0 aliphatic heterocycles. The molecule has 94 valence electrons. The van der Waals surface area contributed by atoms with E-state index in [0.717, 1.165) is 17.1 Å². The fourth-order valence-electron chi connectivity index (χ4n) is 1.50. The van der Waals surface area contributed by atoms with Crippen LogP contribution in [0.25, 0.3) is 5.76 Å². The summed E-state index contributed by atoms with van der Waals surface area (Å²) in [5.41, 5.74) is 2.32. The van der Waals surface area contributed by atoms with Crippen LogP contribution in [0, 0.1) is 0 Å². The van der Waals surface area contributed by atoms with Crippen molar-refractivity contribution in [2.24, 2.45) is 0 Å². The van der Waals surface area contributed by atoms with E-state index in [1.165, 1.54) is 5.57 Å². The van der Waals surface area contributed by atoms with E-state index in [1.807, 2.05) is 24.3 Å². The minimum Gasteiger partial charge on any atom is -0.544 e. The topological polar surface area (TPSA) is 18.5 Å². The van der Waals surface area contributed by atoms with E-state index in [-0.39, 0.29) is 0 Å². The molecule has 0 saturated heterocycles. The first kappa shape index (κ1) is 13.8. The summed E-state index contributed by atoms with van der Waals surface area (Å²) >= 11 is 0. The normalized spacial score (nSPS) is 10.9. The van der Waals surface area contributed by atoms with Gasteiger partial charge in [-0.05, 0) is 63.3 Å². The van der Waals surface area contributed by atoms with E-state index >= 15 is 0 Å². The van der Waals surface area contributed by atoms with Crippen LogP contribution in [-0.4, -0.2) is 15.4 Å². The highest BCUT2D eigenvalue weighted by Gasteiger charge is 2.19. The summed E-state index contributed by atoms with van der Waals surface area (Å²) in [6.45, 7) is 10.7. The monoisotopic (exact) mass is 250 g/mol. The van der Waals surface area contributed by atoms with Crippen molar-refractivity contribution < 1.29 is 9.16 Å². The molecular formula is C14H22O2Si. The van der Waals surface area contributed by atoms with Crippen molar-refractivity contribution in [1.82, 2.24) is 0 Å². The Morgan fingerprint density at radius 1 is 1.00 bits per heavy atom. The van der Waals surface area contributed by atoms with Crippen LogP contribution < -0.4 is 4.74 Å². The molecule has 0 radical (unpaired) electrons. The molecule has 1 rings (SSSR count). The van der Waals surface area contributed by atoms with E-state index < -0.39 is 8.32 Å². The Labute approximate surface area is 105 Å². The maximum Gasteiger partial charge on any atom is 0.242 e. The van der Waals surface area contributed by atoms with Gasteiger partial charge in [0.25, 0.3) is 0 Å². The Balaban J connectivity index is 3.04. The van der Waals surface area contributed by atoms with Crippen molar-refractivity contribution in [1.29, 1.82) is 0 Å². The fraction of sp³-hybridized carbons (Fsp3) is 0.429. The first-order valence-corrected chi connectivity index (χ1v) is 9.25. The molecule has 0 spiro atoms. The highest BCUT2D eigenvalue weighted by molar-refractivity contribution is 6.70. The number of benzene rings is 1. The van der Waals surface area contributed by atoms with Crippen LogP contribution in [0.5, 0.6) is 5.75 Å². The van der Waals surface area contributed by atoms with Gasteiger partial charge in [0.05, 0.1) is 7.11 Å². The van der Waals surface area contributed by atoms with Gasteiger partial charge in [0, 0.05) is 5.56 Å². The Bertz CT molecular complexity index is 395. The van der Waals surface area contributed by atoms with Gasteiger partial charge in [0.15, 0.2) is 0 Å². The van der Waals surface area contributed by atoms with Gasteiger partial charge in [-0.25, -0.2) is 0 Å². The predicted molar refractivity (Wildman–Crippen MR) is 75.7 cm³/mol. The Kier molecular flexibility index (Phi) is 4.40. The third-order valence-electron chi connectivity index (χ3n) is 2.21. The molecule has 0 atom stereocenters. The van der Waals surface area contributed by atoms with Gasteiger partial charge in [-0.2, -0.15) is 0 Å². The number of rotatable bonds is 4. The van der Waals surface area contributed by atoms with Crippen molar-refractivity contribution in [2.45, 2.75) is 33.5 Å². The second-order valence-electron chi connectivity index (χ2n) is 5.27. The smallest absolute Gasteiger partial charge is 0.242 e. The summed E-state index contributed by atoms with van der Waals surface area (Å²) in [7, 11) is 0.0991. The van der Waals surface area contributed by atoms with Gasteiger partial charge in [-0.3, -0.25) is 0 Å². The van der Waals surface area contributed by atoms with Gasteiger partial charge in [-0.15, -0.1) is 0 Å². The lowest BCUT2D eigenvalue weighted by atomic mass is 10.1. The van der Waals surface area contributed by atoms with Crippen molar-refractivity contribution in [3.8, 4) is 5.75 Å². The minimum absolute atomic E-state index is 0.870. The highest BCUT2D eigenvalue weighted by Crippen LogP contribution is 2.25. The van der Waals surface area contributed by atoms with E-state index in [4.69, 9.17) is 9.16 Å². The Morgan fingerprint density at radius 3 is 1.88 bits per heavy atom.